The molecule has 6 heteroatoms. The monoisotopic (exact) mass is 231 g/mol. The topological polar surface area (TPSA) is 70.9 Å². The molecule has 0 fully saturated rings. The first-order valence-electron chi connectivity index (χ1n) is 4.95. The van der Waals surface area contributed by atoms with E-state index in [1.54, 1.807) is 11.5 Å². The van der Waals surface area contributed by atoms with Crippen molar-refractivity contribution < 1.29 is 5.11 Å². The van der Waals surface area contributed by atoms with Gasteiger partial charge >= 0.3 is 5.69 Å². The van der Waals surface area contributed by atoms with Gasteiger partial charge in [-0.3, -0.25) is 4.57 Å². The Morgan fingerprint density at radius 1 is 1.40 bits per heavy atom. The van der Waals surface area contributed by atoms with Crippen LogP contribution in [0.3, 0.4) is 0 Å². The maximum atomic E-state index is 11.4. The molecule has 0 aliphatic rings. The number of hydrogen-bond acceptors (Lipinski definition) is 4. The van der Waals surface area contributed by atoms with Gasteiger partial charge in [0.25, 0.3) is 0 Å². The van der Waals surface area contributed by atoms with Crippen LogP contribution in [0.1, 0.15) is 33.7 Å². The van der Waals surface area contributed by atoms with Crippen LogP contribution in [0.2, 0.25) is 0 Å². The number of aromatic nitrogens is 3. The SMILES string of the molecule is CC(O)C(C)Sc1n[nH]c(=O)n1C(C)C. The lowest BCUT2D eigenvalue weighted by Crippen LogP contribution is -2.21. The first-order chi connectivity index (χ1) is 6.93. The van der Waals surface area contributed by atoms with E-state index in [4.69, 9.17) is 0 Å². The minimum absolute atomic E-state index is 0.0118. The zero-order chi connectivity index (χ0) is 11.6. The quantitative estimate of drug-likeness (QED) is 0.759. The normalized spacial score (nSPS) is 15.6. The zero-order valence-corrected chi connectivity index (χ0v) is 10.2. The van der Waals surface area contributed by atoms with E-state index in [0.29, 0.717) is 5.16 Å². The molecule has 0 radical (unpaired) electrons. The fourth-order valence-electron chi connectivity index (χ4n) is 1.09. The van der Waals surface area contributed by atoms with Gasteiger partial charge in [0.2, 0.25) is 0 Å². The van der Waals surface area contributed by atoms with Crippen molar-refractivity contribution in [1.82, 2.24) is 14.8 Å². The highest BCUT2D eigenvalue weighted by Crippen LogP contribution is 2.23. The van der Waals surface area contributed by atoms with Crippen LogP contribution in [-0.4, -0.2) is 31.2 Å². The average Bonchev–Trinajstić information content (AvgIpc) is 2.46. The second-order valence-electron chi connectivity index (χ2n) is 3.84. The molecule has 1 aromatic rings. The largest absolute Gasteiger partial charge is 0.392 e. The Morgan fingerprint density at radius 2 is 2.00 bits per heavy atom. The minimum Gasteiger partial charge on any atom is -0.392 e. The van der Waals surface area contributed by atoms with E-state index >= 15 is 0 Å². The summed E-state index contributed by atoms with van der Waals surface area (Å²) in [4.78, 5) is 11.4. The smallest absolute Gasteiger partial charge is 0.344 e. The summed E-state index contributed by atoms with van der Waals surface area (Å²) in [7, 11) is 0. The predicted molar refractivity (Wildman–Crippen MR) is 60.2 cm³/mol. The molecule has 0 saturated heterocycles. The summed E-state index contributed by atoms with van der Waals surface area (Å²) < 4.78 is 1.59. The standard InChI is InChI=1S/C9H17N3O2S/c1-5(2)12-8(14)10-11-9(12)15-7(4)6(3)13/h5-7,13H,1-4H3,(H,10,14). The summed E-state index contributed by atoms with van der Waals surface area (Å²) in [6, 6.07) is 0.0694. The van der Waals surface area contributed by atoms with Crippen molar-refractivity contribution in [2.45, 2.75) is 50.2 Å². The number of aliphatic hydroxyl groups excluding tert-OH is 1. The Hall–Kier alpha value is -0.750. The number of hydrogen-bond donors (Lipinski definition) is 2. The first kappa shape index (κ1) is 12.3. The van der Waals surface area contributed by atoms with Gasteiger partial charge in [-0.25, -0.2) is 9.89 Å². The van der Waals surface area contributed by atoms with Crippen molar-refractivity contribution in [1.29, 1.82) is 0 Å². The van der Waals surface area contributed by atoms with Crippen LogP contribution >= 0.6 is 11.8 Å². The zero-order valence-electron chi connectivity index (χ0n) is 9.39. The Balaban J connectivity index is 2.91. The Morgan fingerprint density at radius 3 is 2.47 bits per heavy atom. The number of thioether (sulfide) groups is 1. The Bertz CT molecular complexity index is 370. The predicted octanol–water partition coefficient (Wildman–Crippen LogP) is 1.01. The van der Waals surface area contributed by atoms with Gasteiger partial charge in [-0.1, -0.05) is 18.7 Å². The molecule has 0 bridgehead atoms. The fourth-order valence-corrected chi connectivity index (χ4v) is 2.13. The molecule has 2 unspecified atom stereocenters. The lowest BCUT2D eigenvalue weighted by Gasteiger charge is -2.14. The van der Waals surface area contributed by atoms with E-state index in [9.17, 15) is 9.90 Å². The molecule has 0 aromatic carbocycles. The molecular formula is C9H17N3O2S. The molecule has 5 nitrogen and oxygen atoms in total. The summed E-state index contributed by atoms with van der Waals surface area (Å²) in [5, 5.41) is 16.4. The molecule has 1 rings (SSSR count). The molecule has 2 atom stereocenters. The van der Waals surface area contributed by atoms with Gasteiger partial charge in [-0.15, -0.1) is 5.10 Å². The highest BCUT2D eigenvalue weighted by molar-refractivity contribution is 7.99. The van der Waals surface area contributed by atoms with Gasteiger partial charge in [-0.05, 0) is 20.8 Å². The third kappa shape index (κ3) is 2.85. The number of rotatable bonds is 4. The van der Waals surface area contributed by atoms with Gasteiger partial charge in [0.05, 0.1) is 6.10 Å². The van der Waals surface area contributed by atoms with E-state index in [0.717, 1.165) is 0 Å². The van der Waals surface area contributed by atoms with Crippen molar-refractivity contribution in [2.24, 2.45) is 0 Å². The molecule has 0 aliphatic heterocycles. The molecule has 15 heavy (non-hydrogen) atoms. The van der Waals surface area contributed by atoms with Crippen molar-refractivity contribution >= 4 is 11.8 Å². The third-order valence-corrected chi connectivity index (χ3v) is 3.42. The van der Waals surface area contributed by atoms with E-state index in [2.05, 4.69) is 10.2 Å². The molecule has 0 aliphatic carbocycles. The second kappa shape index (κ2) is 4.85. The van der Waals surface area contributed by atoms with Gasteiger partial charge in [0.15, 0.2) is 5.16 Å². The summed E-state index contributed by atoms with van der Waals surface area (Å²) in [6.07, 6.45) is -0.428. The summed E-state index contributed by atoms with van der Waals surface area (Å²) >= 11 is 1.40. The van der Waals surface area contributed by atoms with Crippen molar-refractivity contribution in [3.63, 3.8) is 0 Å². The highest BCUT2D eigenvalue weighted by atomic mass is 32.2. The van der Waals surface area contributed by atoms with Crippen LogP contribution in [0.4, 0.5) is 0 Å². The summed E-state index contributed by atoms with van der Waals surface area (Å²) in [5.74, 6) is 0. The number of nitrogens with one attached hydrogen (secondary N) is 1. The molecule has 2 N–H and O–H groups in total. The maximum Gasteiger partial charge on any atom is 0.344 e. The Kier molecular flexibility index (Phi) is 3.98. The van der Waals surface area contributed by atoms with Crippen molar-refractivity contribution in [2.75, 3.05) is 0 Å². The van der Waals surface area contributed by atoms with E-state index in [1.165, 1.54) is 11.8 Å². The summed E-state index contributed by atoms with van der Waals surface area (Å²) in [5.41, 5.74) is -0.203. The fraction of sp³-hybridized carbons (Fsp3) is 0.778. The first-order valence-corrected chi connectivity index (χ1v) is 5.83. The van der Waals surface area contributed by atoms with Crippen LogP contribution in [0.5, 0.6) is 0 Å². The highest BCUT2D eigenvalue weighted by Gasteiger charge is 2.17. The van der Waals surface area contributed by atoms with Gasteiger partial charge in [0, 0.05) is 11.3 Å². The average molecular weight is 231 g/mol. The van der Waals surface area contributed by atoms with Gasteiger partial charge < -0.3 is 5.11 Å². The summed E-state index contributed by atoms with van der Waals surface area (Å²) in [6.45, 7) is 7.48. The van der Waals surface area contributed by atoms with Crippen LogP contribution < -0.4 is 5.69 Å². The minimum atomic E-state index is -0.428. The number of aromatic amines is 1. The van der Waals surface area contributed by atoms with E-state index in [-0.39, 0.29) is 17.0 Å². The number of H-pyrrole nitrogens is 1. The molecule has 86 valence electrons. The van der Waals surface area contributed by atoms with Crippen molar-refractivity contribution in [3.8, 4) is 0 Å². The molecule has 0 amide bonds. The number of aliphatic hydroxyl groups is 1. The van der Waals surface area contributed by atoms with Gasteiger partial charge in [0.1, 0.15) is 0 Å². The van der Waals surface area contributed by atoms with E-state index < -0.39 is 6.10 Å². The van der Waals surface area contributed by atoms with Gasteiger partial charge in [-0.2, -0.15) is 0 Å². The number of nitrogens with zero attached hydrogens (tertiary/aromatic N) is 2. The Labute approximate surface area is 92.9 Å². The maximum absolute atomic E-state index is 11.4. The molecule has 0 saturated carbocycles. The van der Waals surface area contributed by atoms with Crippen LogP contribution in [0.15, 0.2) is 9.95 Å². The molecule has 1 heterocycles. The van der Waals surface area contributed by atoms with Crippen molar-refractivity contribution in [3.05, 3.63) is 10.5 Å². The molecule has 1 aromatic heterocycles. The lowest BCUT2D eigenvalue weighted by atomic mass is 10.3. The third-order valence-electron chi connectivity index (χ3n) is 2.16. The second-order valence-corrected chi connectivity index (χ2v) is 5.18. The van der Waals surface area contributed by atoms with Crippen LogP contribution in [-0.2, 0) is 0 Å². The van der Waals surface area contributed by atoms with Crippen LogP contribution in [0, 0.1) is 0 Å². The lowest BCUT2D eigenvalue weighted by molar-refractivity contribution is 0.196. The molecule has 0 spiro atoms. The van der Waals surface area contributed by atoms with Crippen LogP contribution in [0.25, 0.3) is 0 Å². The molecular weight excluding hydrogens is 214 g/mol. The van der Waals surface area contributed by atoms with E-state index in [1.807, 2.05) is 20.8 Å².